The molecule has 0 saturated carbocycles. The number of hydrogen-bond donors (Lipinski definition) is 2. The van der Waals surface area contributed by atoms with Gasteiger partial charge < -0.3 is 10.4 Å². The van der Waals surface area contributed by atoms with Crippen molar-refractivity contribution in [3.63, 3.8) is 0 Å². The molecule has 1 aromatic carbocycles. The van der Waals surface area contributed by atoms with E-state index in [2.05, 4.69) is 5.32 Å². The molecule has 0 bridgehead atoms. The molecule has 0 fully saturated rings. The third kappa shape index (κ3) is 1.42. The van der Waals surface area contributed by atoms with Crippen LogP contribution in [0.4, 0.5) is 5.69 Å². The average Bonchev–Trinajstić information content (AvgIpc) is 2.42. The normalized spacial score (nSPS) is 16.6. The Kier molecular flexibility index (Phi) is 1.81. The first-order valence-electron chi connectivity index (χ1n) is 4.27. The minimum absolute atomic E-state index is 0.0257. The van der Waals surface area contributed by atoms with Crippen LogP contribution < -0.4 is 5.32 Å². The van der Waals surface area contributed by atoms with E-state index >= 15 is 0 Å². The van der Waals surface area contributed by atoms with Gasteiger partial charge in [0.1, 0.15) is 0 Å². The second-order valence-corrected chi connectivity index (χ2v) is 3.32. The summed E-state index contributed by atoms with van der Waals surface area (Å²) in [7, 11) is 0. The van der Waals surface area contributed by atoms with Gasteiger partial charge in [-0.3, -0.25) is 4.79 Å². The van der Waals surface area contributed by atoms with Crippen LogP contribution in [0.15, 0.2) is 18.2 Å². The maximum Gasteiger partial charge on any atom is 0.228 e. The summed E-state index contributed by atoms with van der Waals surface area (Å²) in [5.41, 5.74) is 2.70. The van der Waals surface area contributed by atoms with Crippen LogP contribution in [-0.2, 0) is 11.2 Å². The van der Waals surface area contributed by atoms with Crippen LogP contribution >= 0.6 is 0 Å². The summed E-state index contributed by atoms with van der Waals surface area (Å²) in [5, 5.41) is 12.1. The number of hydrogen-bond acceptors (Lipinski definition) is 2. The fourth-order valence-electron chi connectivity index (χ4n) is 1.51. The maximum atomic E-state index is 11.0. The zero-order chi connectivity index (χ0) is 9.42. The van der Waals surface area contributed by atoms with Crippen molar-refractivity contribution in [2.24, 2.45) is 0 Å². The molecule has 2 rings (SSSR count). The molecule has 0 radical (unpaired) electrons. The molecular weight excluding hydrogens is 166 g/mol. The van der Waals surface area contributed by atoms with Crippen molar-refractivity contribution in [3.8, 4) is 0 Å². The quantitative estimate of drug-likeness (QED) is 0.678. The van der Waals surface area contributed by atoms with Crippen LogP contribution in [0.3, 0.4) is 0 Å². The topological polar surface area (TPSA) is 49.3 Å². The second-order valence-electron chi connectivity index (χ2n) is 3.32. The lowest BCUT2D eigenvalue weighted by atomic mass is 10.1. The molecule has 1 amide bonds. The number of amides is 1. The van der Waals surface area contributed by atoms with E-state index in [1.54, 1.807) is 6.92 Å². The molecule has 0 saturated heterocycles. The van der Waals surface area contributed by atoms with Gasteiger partial charge in [0.15, 0.2) is 0 Å². The van der Waals surface area contributed by atoms with E-state index in [1.807, 2.05) is 18.2 Å². The maximum absolute atomic E-state index is 11.0. The highest BCUT2D eigenvalue weighted by molar-refractivity contribution is 5.99. The SMILES string of the molecule is CC(O)c1ccc2c(c1)CC(=O)N2. The van der Waals surface area contributed by atoms with Crippen LogP contribution in [0.1, 0.15) is 24.2 Å². The standard InChI is InChI=1S/C10H11NO2/c1-6(12)7-2-3-9-8(4-7)5-10(13)11-9/h2-4,6,12H,5H2,1H3,(H,11,13). The Hall–Kier alpha value is -1.35. The van der Waals surface area contributed by atoms with Crippen LogP contribution in [0, 0.1) is 0 Å². The Morgan fingerprint density at radius 1 is 1.54 bits per heavy atom. The molecule has 1 aliphatic heterocycles. The minimum atomic E-state index is -0.471. The third-order valence-corrected chi connectivity index (χ3v) is 2.24. The first-order valence-corrected chi connectivity index (χ1v) is 4.27. The van der Waals surface area contributed by atoms with Gasteiger partial charge >= 0.3 is 0 Å². The molecule has 1 unspecified atom stereocenters. The van der Waals surface area contributed by atoms with E-state index in [-0.39, 0.29) is 5.91 Å². The monoisotopic (exact) mass is 177 g/mol. The smallest absolute Gasteiger partial charge is 0.228 e. The van der Waals surface area contributed by atoms with E-state index in [0.717, 1.165) is 16.8 Å². The summed E-state index contributed by atoms with van der Waals surface area (Å²) in [4.78, 5) is 11.0. The molecule has 2 N–H and O–H groups in total. The molecule has 1 aromatic rings. The van der Waals surface area contributed by atoms with Gasteiger partial charge in [0, 0.05) is 5.69 Å². The number of carbonyl (C=O) groups is 1. The number of anilines is 1. The highest BCUT2D eigenvalue weighted by Crippen LogP contribution is 2.26. The van der Waals surface area contributed by atoms with E-state index in [4.69, 9.17) is 0 Å². The van der Waals surface area contributed by atoms with Gasteiger partial charge in [0.25, 0.3) is 0 Å². The number of carbonyl (C=O) groups excluding carboxylic acids is 1. The summed E-state index contributed by atoms with van der Waals surface area (Å²) in [6, 6.07) is 5.54. The molecule has 0 aliphatic carbocycles. The van der Waals surface area contributed by atoms with Crippen molar-refractivity contribution >= 4 is 11.6 Å². The van der Waals surface area contributed by atoms with Crippen molar-refractivity contribution in [2.45, 2.75) is 19.4 Å². The molecule has 1 heterocycles. The lowest BCUT2D eigenvalue weighted by Crippen LogP contribution is -2.03. The number of benzene rings is 1. The Morgan fingerprint density at radius 2 is 2.31 bits per heavy atom. The van der Waals surface area contributed by atoms with Gasteiger partial charge in [-0.25, -0.2) is 0 Å². The lowest BCUT2D eigenvalue weighted by molar-refractivity contribution is -0.115. The summed E-state index contributed by atoms with van der Waals surface area (Å²) >= 11 is 0. The minimum Gasteiger partial charge on any atom is -0.389 e. The van der Waals surface area contributed by atoms with Crippen LogP contribution in [0.2, 0.25) is 0 Å². The van der Waals surface area contributed by atoms with Crippen LogP contribution in [-0.4, -0.2) is 11.0 Å². The predicted molar refractivity (Wildman–Crippen MR) is 49.4 cm³/mol. The van der Waals surface area contributed by atoms with Gasteiger partial charge in [0.05, 0.1) is 12.5 Å². The Bertz CT molecular complexity index is 358. The van der Waals surface area contributed by atoms with Gasteiger partial charge in [0.2, 0.25) is 5.91 Å². The number of fused-ring (bicyclic) bond motifs is 1. The first-order chi connectivity index (χ1) is 6.16. The Labute approximate surface area is 76.4 Å². The molecule has 0 aromatic heterocycles. The van der Waals surface area contributed by atoms with Crippen LogP contribution in [0.5, 0.6) is 0 Å². The zero-order valence-corrected chi connectivity index (χ0v) is 7.37. The molecular formula is C10H11NO2. The highest BCUT2D eigenvalue weighted by atomic mass is 16.3. The highest BCUT2D eigenvalue weighted by Gasteiger charge is 2.17. The van der Waals surface area contributed by atoms with E-state index in [0.29, 0.717) is 6.42 Å². The van der Waals surface area contributed by atoms with Crippen LogP contribution in [0.25, 0.3) is 0 Å². The molecule has 3 nitrogen and oxygen atoms in total. The van der Waals surface area contributed by atoms with Crippen molar-refractivity contribution in [3.05, 3.63) is 29.3 Å². The summed E-state index contributed by atoms with van der Waals surface area (Å²) in [6.07, 6.45) is -0.0448. The predicted octanol–water partition coefficient (Wildman–Crippen LogP) is 1.23. The fraction of sp³-hybridized carbons (Fsp3) is 0.300. The van der Waals surface area contributed by atoms with E-state index < -0.39 is 6.10 Å². The Morgan fingerprint density at radius 3 is 3.00 bits per heavy atom. The van der Waals surface area contributed by atoms with E-state index in [1.165, 1.54) is 0 Å². The van der Waals surface area contributed by atoms with Crippen molar-refractivity contribution in [1.82, 2.24) is 0 Å². The molecule has 0 spiro atoms. The van der Waals surface area contributed by atoms with Crippen molar-refractivity contribution < 1.29 is 9.90 Å². The second kappa shape index (κ2) is 2.85. The number of aliphatic hydroxyl groups is 1. The largest absolute Gasteiger partial charge is 0.389 e. The fourth-order valence-corrected chi connectivity index (χ4v) is 1.51. The molecule has 1 aliphatic rings. The van der Waals surface area contributed by atoms with Gasteiger partial charge in [-0.2, -0.15) is 0 Å². The van der Waals surface area contributed by atoms with Crippen molar-refractivity contribution in [1.29, 1.82) is 0 Å². The number of aliphatic hydroxyl groups excluding tert-OH is 1. The van der Waals surface area contributed by atoms with Gasteiger partial charge in [-0.15, -0.1) is 0 Å². The molecule has 3 heteroatoms. The van der Waals surface area contributed by atoms with Gasteiger partial charge in [-0.1, -0.05) is 12.1 Å². The summed E-state index contributed by atoms with van der Waals surface area (Å²) < 4.78 is 0. The first kappa shape index (κ1) is 8.26. The zero-order valence-electron chi connectivity index (χ0n) is 7.37. The summed E-state index contributed by atoms with van der Waals surface area (Å²) in [6.45, 7) is 1.71. The Balaban J connectivity index is 2.40. The molecule has 13 heavy (non-hydrogen) atoms. The number of nitrogens with one attached hydrogen (secondary N) is 1. The molecule has 68 valence electrons. The van der Waals surface area contributed by atoms with Crippen molar-refractivity contribution in [2.75, 3.05) is 5.32 Å². The number of rotatable bonds is 1. The lowest BCUT2D eigenvalue weighted by Gasteiger charge is -2.05. The van der Waals surface area contributed by atoms with E-state index in [9.17, 15) is 9.90 Å². The average molecular weight is 177 g/mol. The van der Waals surface area contributed by atoms with Gasteiger partial charge in [-0.05, 0) is 24.1 Å². The summed E-state index contributed by atoms with van der Waals surface area (Å²) in [5.74, 6) is 0.0257. The third-order valence-electron chi connectivity index (χ3n) is 2.24. The molecule has 1 atom stereocenters.